The van der Waals surface area contributed by atoms with Crippen LogP contribution in [0.25, 0.3) is 0 Å². The topological polar surface area (TPSA) is 35.5 Å². The Morgan fingerprint density at radius 1 is 1.37 bits per heavy atom. The second-order valence-corrected chi connectivity index (χ2v) is 6.93. The molecule has 1 atom stereocenters. The predicted molar refractivity (Wildman–Crippen MR) is 85.7 cm³/mol. The number of rotatable bonds is 5. The quantitative estimate of drug-likeness (QED) is 0.871. The average molecular weight is 329 g/mol. The van der Waals surface area contributed by atoms with Crippen LogP contribution in [-0.4, -0.2) is 30.3 Å². The van der Waals surface area contributed by atoms with E-state index in [4.69, 9.17) is 0 Å². The number of likely N-dealkylation sites (N-methyl/N-ethyl adjacent to an activating group) is 1. The summed E-state index contributed by atoms with van der Waals surface area (Å²) in [5, 5.41) is 12.8. The lowest BCUT2D eigenvalue weighted by molar-refractivity contribution is 0.270. The Balaban J connectivity index is 2.97. The lowest BCUT2D eigenvalue weighted by Gasteiger charge is -2.29. The van der Waals surface area contributed by atoms with Gasteiger partial charge in [0.25, 0.3) is 0 Å². The van der Waals surface area contributed by atoms with Crippen molar-refractivity contribution >= 4 is 21.6 Å². The van der Waals surface area contributed by atoms with E-state index < -0.39 is 0 Å². The number of hydrogen-bond acceptors (Lipinski definition) is 3. The zero-order valence-corrected chi connectivity index (χ0v) is 14.1. The Labute approximate surface area is 125 Å². The third-order valence-corrected chi connectivity index (χ3v) is 3.65. The lowest BCUT2D eigenvalue weighted by Crippen LogP contribution is -2.37. The van der Waals surface area contributed by atoms with Crippen LogP contribution in [0.4, 0.5) is 5.69 Å². The van der Waals surface area contributed by atoms with Crippen LogP contribution in [0.15, 0.2) is 22.7 Å². The van der Waals surface area contributed by atoms with Gasteiger partial charge in [-0.3, -0.25) is 0 Å². The van der Waals surface area contributed by atoms with Crippen molar-refractivity contribution in [3.05, 3.63) is 28.2 Å². The summed E-state index contributed by atoms with van der Waals surface area (Å²) in [6, 6.07) is 6.37. The van der Waals surface area contributed by atoms with Crippen molar-refractivity contribution in [2.75, 3.05) is 18.6 Å². The maximum absolute atomic E-state index is 9.30. The summed E-state index contributed by atoms with van der Waals surface area (Å²) >= 11 is 3.52. The number of nitrogens with one attached hydrogen (secondary N) is 1. The van der Waals surface area contributed by atoms with Gasteiger partial charge in [-0.2, -0.15) is 0 Å². The summed E-state index contributed by atoms with van der Waals surface area (Å²) in [6.07, 6.45) is 0. The van der Waals surface area contributed by atoms with Crippen LogP contribution in [0, 0.1) is 0 Å². The third-order valence-electron chi connectivity index (χ3n) is 3.16. The minimum atomic E-state index is 0.0841. The molecule has 0 aromatic heterocycles. The standard InChI is InChI=1S/C15H25BrN2O/c1-11(10-19)18(5)14-7-6-13(16)8-12(14)9-17-15(2,3)4/h6-8,11,17,19H,9-10H2,1-5H3. The maximum Gasteiger partial charge on any atom is 0.0632 e. The van der Waals surface area contributed by atoms with Crippen LogP contribution in [-0.2, 0) is 6.54 Å². The molecule has 4 heteroatoms. The van der Waals surface area contributed by atoms with Gasteiger partial charge in [0.05, 0.1) is 6.61 Å². The molecule has 108 valence electrons. The third kappa shape index (κ3) is 5.13. The van der Waals surface area contributed by atoms with Crippen molar-refractivity contribution in [3.63, 3.8) is 0 Å². The molecule has 0 saturated heterocycles. The van der Waals surface area contributed by atoms with Crippen molar-refractivity contribution in [1.82, 2.24) is 5.32 Å². The van der Waals surface area contributed by atoms with Crippen LogP contribution in [0.3, 0.4) is 0 Å². The molecule has 0 fully saturated rings. The molecule has 2 N–H and O–H groups in total. The number of nitrogens with zero attached hydrogens (tertiary/aromatic N) is 1. The van der Waals surface area contributed by atoms with E-state index in [1.165, 1.54) is 5.56 Å². The number of aliphatic hydroxyl groups is 1. The van der Waals surface area contributed by atoms with Crippen molar-refractivity contribution in [2.45, 2.75) is 45.8 Å². The van der Waals surface area contributed by atoms with Crippen LogP contribution in [0.5, 0.6) is 0 Å². The monoisotopic (exact) mass is 328 g/mol. The number of benzene rings is 1. The first-order valence-electron chi connectivity index (χ1n) is 6.61. The Morgan fingerprint density at radius 3 is 2.53 bits per heavy atom. The van der Waals surface area contributed by atoms with E-state index in [2.05, 4.69) is 59.1 Å². The van der Waals surface area contributed by atoms with Gasteiger partial charge >= 0.3 is 0 Å². The minimum Gasteiger partial charge on any atom is -0.394 e. The fourth-order valence-electron chi connectivity index (χ4n) is 1.76. The van der Waals surface area contributed by atoms with Gasteiger partial charge in [-0.1, -0.05) is 15.9 Å². The molecule has 3 nitrogen and oxygen atoms in total. The molecule has 0 aliphatic heterocycles. The molecule has 1 aromatic carbocycles. The zero-order valence-electron chi connectivity index (χ0n) is 12.5. The van der Waals surface area contributed by atoms with Crippen LogP contribution in [0.1, 0.15) is 33.3 Å². The first-order valence-corrected chi connectivity index (χ1v) is 7.41. The number of aliphatic hydroxyl groups excluding tert-OH is 1. The highest BCUT2D eigenvalue weighted by Gasteiger charge is 2.15. The van der Waals surface area contributed by atoms with Crippen molar-refractivity contribution in [3.8, 4) is 0 Å². The Morgan fingerprint density at radius 2 is 2.00 bits per heavy atom. The lowest BCUT2D eigenvalue weighted by atomic mass is 10.1. The van der Waals surface area contributed by atoms with Gasteiger partial charge < -0.3 is 15.3 Å². The predicted octanol–water partition coefficient (Wildman–Crippen LogP) is 3.15. The summed E-state index contributed by atoms with van der Waals surface area (Å²) in [7, 11) is 2.02. The van der Waals surface area contributed by atoms with E-state index in [-0.39, 0.29) is 18.2 Å². The highest BCUT2D eigenvalue weighted by atomic mass is 79.9. The van der Waals surface area contributed by atoms with Gasteiger partial charge in [-0.15, -0.1) is 0 Å². The molecular formula is C15H25BrN2O. The van der Waals surface area contributed by atoms with Gasteiger partial charge in [0.15, 0.2) is 0 Å². The fraction of sp³-hybridized carbons (Fsp3) is 0.600. The summed E-state index contributed by atoms with van der Waals surface area (Å²) in [5.74, 6) is 0. The Kier molecular flexibility index (Phi) is 5.83. The summed E-state index contributed by atoms with van der Waals surface area (Å²) in [4.78, 5) is 2.12. The van der Waals surface area contributed by atoms with Gasteiger partial charge in [0, 0.05) is 35.3 Å². The van der Waals surface area contributed by atoms with Crippen molar-refractivity contribution in [1.29, 1.82) is 0 Å². The fourth-order valence-corrected chi connectivity index (χ4v) is 2.17. The second kappa shape index (κ2) is 6.73. The molecule has 0 aliphatic rings. The minimum absolute atomic E-state index is 0.0841. The largest absolute Gasteiger partial charge is 0.394 e. The first-order chi connectivity index (χ1) is 8.74. The Bertz CT molecular complexity index is 415. The molecule has 0 bridgehead atoms. The van der Waals surface area contributed by atoms with Crippen molar-refractivity contribution < 1.29 is 5.11 Å². The van der Waals surface area contributed by atoms with Crippen molar-refractivity contribution in [2.24, 2.45) is 0 Å². The molecule has 0 saturated carbocycles. The molecule has 1 rings (SSSR count). The highest BCUT2D eigenvalue weighted by Crippen LogP contribution is 2.25. The normalized spacial score (nSPS) is 13.4. The highest BCUT2D eigenvalue weighted by molar-refractivity contribution is 9.10. The van der Waals surface area contributed by atoms with Gasteiger partial charge in [-0.05, 0) is 51.5 Å². The summed E-state index contributed by atoms with van der Waals surface area (Å²) in [5.41, 5.74) is 2.47. The van der Waals surface area contributed by atoms with Crippen LogP contribution in [0.2, 0.25) is 0 Å². The molecule has 1 aromatic rings. The average Bonchev–Trinajstić information content (AvgIpc) is 2.34. The summed E-state index contributed by atoms with van der Waals surface area (Å²) < 4.78 is 1.08. The van der Waals surface area contributed by atoms with E-state index in [9.17, 15) is 5.11 Å². The van der Waals surface area contributed by atoms with Gasteiger partial charge in [-0.25, -0.2) is 0 Å². The van der Waals surface area contributed by atoms with E-state index in [1.54, 1.807) is 0 Å². The molecule has 0 spiro atoms. The molecule has 0 aliphatic carbocycles. The SMILES string of the molecule is CC(CO)N(C)c1ccc(Br)cc1CNC(C)(C)C. The molecule has 0 radical (unpaired) electrons. The number of anilines is 1. The van der Waals surface area contributed by atoms with E-state index in [0.717, 1.165) is 16.7 Å². The maximum atomic E-state index is 9.30. The molecule has 1 unspecified atom stereocenters. The van der Waals surface area contributed by atoms with Crippen LogP contribution < -0.4 is 10.2 Å². The van der Waals surface area contributed by atoms with Gasteiger partial charge in [0.1, 0.15) is 0 Å². The smallest absolute Gasteiger partial charge is 0.0632 e. The number of hydrogen-bond donors (Lipinski definition) is 2. The molecule has 0 heterocycles. The van der Waals surface area contributed by atoms with E-state index in [1.807, 2.05) is 20.0 Å². The first kappa shape index (κ1) is 16.5. The zero-order chi connectivity index (χ0) is 14.6. The van der Waals surface area contributed by atoms with Crippen LogP contribution >= 0.6 is 15.9 Å². The second-order valence-electron chi connectivity index (χ2n) is 6.02. The number of halogens is 1. The molecular weight excluding hydrogens is 304 g/mol. The van der Waals surface area contributed by atoms with Gasteiger partial charge in [0.2, 0.25) is 0 Å². The van der Waals surface area contributed by atoms with E-state index >= 15 is 0 Å². The molecule has 19 heavy (non-hydrogen) atoms. The Hall–Kier alpha value is -0.580. The summed E-state index contributed by atoms with van der Waals surface area (Å²) in [6.45, 7) is 9.45. The molecule has 0 amide bonds. The van der Waals surface area contributed by atoms with E-state index in [0.29, 0.717) is 0 Å².